The van der Waals surface area contributed by atoms with Gasteiger partial charge in [-0.1, -0.05) is 31.0 Å². The Bertz CT molecular complexity index is 515. The molecule has 1 saturated carbocycles. The lowest BCUT2D eigenvalue weighted by Gasteiger charge is -2.28. The lowest BCUT2D eigenvalue weighted by Crippen LogP contribution is -2.97. The van der Waals surface area contributed by atoms with Gasteiger partial charge in [0.1, 0.15) is 0 Å². The largest absolute Gasteiger partial charge is 0.334 e. The first-order valence-corrected chi connectivity index (χ1v) is 8.62. The lowest BCUT2D eigenvalue weighted by molar-refractivity contribution is -0.714. The normalized spacial score (nSPS) is 23.1. The van der Waals surface area contributed by atoms with Gasteiger partial charge in [0, 0.05) is 11.6 Å². The molecule has 22 heavy (non-hydrogen) atoms. The van der Waals surface area contributed by atoms with Crippen LogP contribution in [0.4, 0.5) is 5.69 Å². The molecular formula is C19H31N2O+. The summed E-state index contributed by atoms with van der Waals surface area (Å²) >= 11 is 0. The summed E-state index contributed by atoms with van der Waals surface area (Å²) in [6.07, 6.45) is 5.18. The number of quaternary nitrogens is 1. The van der Waals surface area contributed by atoms with E-state index < -0.39 is 0 Å². The fourth-order valence-electron chi connectivity index (χ4n) is 3.70. The van der Waals surface area contributed by atoms with Crippen molar-refractivity contribution in [2.75, 3.05) is 5.32 Å². The van der Waals surface area contributed by atoms with Crippen molar-refractivity contribution < 1.29 is 10.1 Å². The van der Waals surface area contributed by atoms with Crippen molar-refractivity contribution in [2.45, 2.75) is 72.4 Å². The zero-order valence-corrected chi connectivity index (χ0v) is 14.7. The van der Waals surface area contributed by atoms with E-state index in [-0.39, 0.29) is 11.9 Å². The first kappa shape index (κ1) is 17.0. The minimum absolute atomic E-state index is 0.0364. The average Bonchev–Trinajstić information content (AvgIpc) is 2.45. The SMILES string of the molecule is Cc1cc(C)c(NC(=O)[C@@H](C)[NH2+][C@@H]2CCCC[C@@H]2C)c(C)c1. The molecule has 1 fully saturated rings. The Morgan fingerprint density at radius 3 is 2.36 bits per heavy atom. The molecule has 1 amide bonds. The molecule has 3 atom stereocenters. The quantitative estimate of drug-likeness (QED) is 0.882. The van der Waals surface area contributed by atoms with Crippen molar-refractivity contribution in [2.24, 2.45) is 5.92 Å². The average molecular weight is 303 g/mol. The number of hydrogen-bond donors (Lipinski definition) is 2. The third kappa shape index (κ3) is 4.10. The minimum Gasteiger partial charge on any atom is -0.334 e. The summed E-state index contributed by atoms with van der Waals surface area (Å²) in [5.41, 5.74) is 4.50. The van der Waals surface area contributed by atoms with Crippen LogP contribution in [-0.4, -0.2) is 18.0 Å². The third-order valence-electron chi connectivity index (χ3n) is 5.05. The highest BCUT2D eigenvalue weighted by atomic mass is 16.2. The molecule has 0 unspecified atom stereocenters. The monoisotopic (exact) mass is 303 g/mol. The molecule has 0 aromatic heterocycles. The van der Waals surface area contributed by atoms with Crippen molar-refractivity contribution in [1.29, 1.82) is 0 Å². The highest BCUT2D eigenvalue weighted by Crippen LogP contribution is 2.23. The highest BCUT2D eigenvalue weighted by molar-refractivity contribution is 5.95. The Hall–Kier alpha value is -1.35. The van der Waals surface area contributed by atoms with Gasteiger partial charge in [-0.3, -0.25) is 4.79 Å². The standard InChI is InChI=1S/C19H30N2O/c1-12-10-14(3)18(15(4)11-12)21-19(22)16(5)20-17-9-7-6-8-13(17)2/h10-11,13,16-17,20H,6-9H2,1-5H3,(H,21,22)/p+1/t13-,16+,17+/m0/s1. The van der Waals surface area contributed by atoms with Crippen LogP contribution in [0.5, 0.6) is 0 Å². The fourth-order valence-corrected chi connectivity index (χ4v) is 3.70. The van der Waals surface area contributed by atoms with E-state index in [0.29, 0.717) is 12.0 Å². The van der Waals surface area contributed by atoms with Crippen LogP contribution in [0.2, 0.25) is 0 Å². The molecule has 0 aliphatic heterocycles. The first-order valence-electron chi connectivity index (χ1n) is 8.62. The van der Waals surface area contributed by atoms with Crippen LogP contribution in [-0.2, 0) is 4.79 Å². The Morgan fingerprint density at radius 2 is 1.77 bits per heavy atom. The van der Waals surface area contributed by atoms with Gasteiger partial charge in [0.2, 0.25) is 0 Å². The maximum atomic E-state index is 12.5. The van der Waals surface area contributed by atoms with E-state index in [4.69, 9.17) is 0 Å². The second-order valence-electron chi connectivity index (χ2n) is 7.17. The molecule has 1 aliphatic carbocycles. The number of rotatable bonds is 4. The zero-order chi connectivity index (χ0) is 16.3. The second kappa shape index (κ2) is 7.28. The number of amides is 1. The number of anilines is 1. The second-order valence-corrected chi connectivity index (χ2v) is 7.17. The Balaban J connectivity index is 1.99. The van der Waals surface area contributed by atoms with E-state index in [1.807, 2.05) is 6.92 Å². The van der Waals surface area contributed by atoms with Gasteiger partial charge in [0.05, 0.1) is 6.04 Å². The van der Waals surface area contributed by atoms with Gasteiger partial charge >= 0.3 is 0 Å². The molecular weight excluding hydrogens is 272 g/mol. The van der Waals surface area contributed by atoms with E-state index in [1.54, 1.807) is 0 Å². The Labute approximate surface area is 134 Å². The predicted octanol–water partition coefficient (Wildman–Crippen LogP) is 3.08. The number of nitrogens with one attached hydrogen (secondary N) is 1. The summed E-state index contributed by atoms with van der Waals surface area (Å²) in [5.74, 6) is 0.833. The number of carbonyl (C=O) groups is 1. The zero-order valence-electron chi connectivity index (χ0n) is 14.7. The van der Waals surface area contributed by atoms with E-state index in [9.17, 15) is 4.79 Å². The maximum Gasteiger partial charge on any atom is 0.282 e. The van der Waals surface area contributed by atoms with E-state index in [1.165, 1.54) is 31.2 Å². The van der Waals surface area contributed by atoms with E-state index in [2.05, 4.69) is 50.5 Å². The molecule has 3 heteroatoms. The summed E-state index contributed by atoms with van der Waals surface area (Å²) in [5, 5.41) is 5.42. The summed E-state index contributed by atoms with van der Waals surface area (Å²) < 4.78 is 0. The summed E-state index contributed by atoms with van der Waals surface area (Å²) in [7, 11) is 0. The van der Waals surface area contributed by atoms with Crippen LogP contribution in [0.1, 0.15) is 56.2 Å². The maximum absolute atomic E-state index is 12.5. The molecule has 0 bridgehead atoms. The summed E-state index contributed by atoms with van der Waals surface area (Å²) in [6.45, 7) is 10.6. The van der Waals surface area contributed by atoms with E-state index in [0.717, 1.165) is 16.8 Å². The van der Waals surface area contributed by atoms with Crippen LogP contribution in [0.3, 0.4) is 0 Å². The van der Waals surface area contributed by atoms with Crippen molar-refractivity contribution in [1.82, 2.24) is 0 Å². The van der Waals surface area contributed by atoms with Gasteiger partial charge in [0.15, 0.2) is 6.04 Å². The predicted molar refractivity (Wildman–Crippen MR) is 92.1 cm³/mol. The van der Waals surface area contributed by atoms with Gasteiger partial charge in [-0.2, -0.15) is 0 Å². The first-order chi connectivity index (χ1) is 10.4. The lowest BCUT2D eigenvalue weighted by atomic mass is 9.85. The van der Waals surface area contributed by atoms with Crippen LogP contribution in [0, 0.1) is 26.7 Å². The van der Waals surface area contributed by atoms with Crippen molar-refractivity contribution in [3.63, 3.8) is 0 Å². The van der Waals surface area contributed by atoms with Crippen molar-refractivity contribution in [3.8, 4) is 0 Å². The third-order valence-corrected chi connectivity index (χ3v) is 5.05. The molecule has 122 valence electrons. The molecule has 0 heterocycles. The van der Waals surface area contributed by atoms with Gasteiger partial charge < -0.3 is 10.6 Å². The topological polar surface area (TPSA) is 45.7 Å². The molecule has 0 saturated heterocycles. The molecule has 1 aromatic rings. The molecule has 0 spiro atoms. The van der Waals surface area contributed by atoms with Crippen LogP contribution < -0.4 is 10.6 Å². The number of hydrogen-bond acceptors (Lipinski definition) is 1. The molecule has 2 rings (SSSR count). The van der Waals surface area contributed by atoms with Crippen LogP contribution >= 0.6 is 0 Å². The number of nitrogens with two attached hydrogens (primary N) is 1. The van der Waals surface area contributed by atoms with Gasteiger partial charge in [-0.25, -0.2) is 0 Å². The Kier molecular flexibility index (Phi) is 5.63. The minimum atomic E-state index is -0.0364. The van der Waals surface area contributed by atoms with Crippen LogP contribution in [0.15, 0.2) is 12.1 Å². The van der Waals surface area contributed by atoms with Gasteiger partial charge in [0.25, 0.3) is 5.91 Å². The van der Waals surface area contributed by atoms with E-state index >= 15 is 0 Å². The molecule has 1 aromatic carbocycles. The molecule has 0 radical (unpaired) electrons. The molecule has 1 aliphatic rings. The number of carbonyl (C=O) groups excluding carboxylic acids is 1. The van der Waals surface area contributed by atoms with Crippen molar-refractivity contribution >= 4 is 11.6 Å². The summed E-state index contributed by atoms with van der Waals surface area (Å²) in [4.78, 5) is 12.5. The molecule has 3 nitrogen and oxygen atoms in total. The fraction of sp³-hybridized carbons (Fsp3) is 0.632. The van der Waals surface area contributed by atoms with Gasteiger partial charge in [-0.15, -0.1) is 0 Å². The van der Waals surface area contributed by atoms with Gasteiger partial charge in [-0.05, 0) is 58.1 Å². The smallest absolute Gasteiger partial charge is 0.282 e. The summed E-state index contributed by atoms with van der Waals surface area (Å²) in [6, 6.07) is 4.81. The van der Waals surface area contributed by atoms with Crippen LogP contribution in [0.25, 0.3) is 0 Å². The number of benzene rings is 1. The number of aryl methyl sites for hydroxylation is 3. The Morgan fingerprint density at radius 1 is 1.18 bits per heavy atom. The highest BCUT2D eigenvalue weighted by Gasteiger charge is 2.28. The van der Waals surface area contributed by atoms with Crippen molar-refractivity contribution in [3.05, 3.63) is 28.8 Å². The molecule has 3 N–H and O–H groups in total.